The van der Waals surface area contributed by atoms with Gasteiger partial charge in [-0.3, -0.25) is 9.59 Å². The number of aliphatic hydroxyl groups is 2. The van der Waals surface area contributed by atoms with Gasteiger partial charge in [0.05, 0.1) is 18.2 Å². The number of hydrogen-bond acceptors (Lipinski definition) is 10. The van der Waals surface area contributed by atoms with E-state index in [2.05, 4.69) is 15.4 Å². The zero-order valence-electron chi connectivity index (χ0n) is 22.8. The maximum atomic E-state index is 12.9. The number of ether oxygens (including phenoxy) is 2. The summed E-state index contributed by atoms with van der Waals surface area (Å²) < 4.78 is 12.5. The number of hydrogen-bond donors (Lipinski definition) is 4. The Kier molecular flexibility index (Phi) is 8.28. The molecule has 1 amide bonds. The van der Waals surface area contributed by atoms with Crippen LogP contribution in [0.4, 0.5) is 5.82 Å². The molecule has 0 unspecified atom stereocenters. The van der Waals surface area contributed by atoms with Crippen molar-refractivity contribution in [3.63, 3.8) is 0 Å². The molecule has 0 aliphatic carbocycles. The molecule has 3 heterocycles. The molecule has 2 aromatic heterocycles. The van der Waals surface area contributed by atoms with Crippen LogP contribution in [0, 0.1) is 18.3 Å². The Morgan fingerprint density at radius 1 is 1.14 bits per heavy atom. The van der Waals surface area contributed by atoms with Gasteiger partial charge in [-0.15, -0.1) is 0 Å². The summed E-state index contributed by atoms with van der Waals surface area (Å²) in [6.07, 6.45) is -2.94. The summed E-state index contributed by atoms with van der Waals surface area (Å²) in [6.45, 7) is 1.59. The van der Waals surface area contributed by atoms with Crippen molar-refractivity contribution in [2.75, 3.05) is 11.9 Å². The third-order valence-electron chi connectivity index (χ3n) is 7.21. The highest BCUT2D eigenvalue weighted by Gasteiger charge is 2.57. The van der Waals surface area contributed by atoms with Crippen molar-refractivity contribution in [1.82, 2.24) is 14.6 Å². The van der Waals surface area contributed by atoms with Gasteiger partial charge in [-0.1, -0.05) is 60.2 Å². The van der Waals surface area contributed by atoms with Gasteiger partial charge in [0, 0.05) is 0 Å². The van der Waals surface area contributed by atoms with E-state index in [0.717, 1.165) is 16.7 Å². The largest absolute Gasteiger partial charge is 0.463 e. The van der Waals surface area contributed by atoms with Crippen LogP contribution >= 0.6 is 0 Å². The van der Waals surface area contributed by atoms with Gasteiger partial charge in [-0.05, 0) is 36.6 Å². The fourth-order valence-corrected chi connectivity index (χ4v) is 4.90. The van der Waals surface area contributed by atoms with Crippen molar-refractivity contribution >= 4 is 23.2 Å². The molecule has 12 heteroatoms. The van der Waals surface area contributed by atoms with Gasteiger partial charge in [0.25, 0.3) is 0 Å². The summed E-state index contributed by atoms with van der Waals surface area (Å²) in [5.74, 6) is -0.894. The monoisotopic (exact) mass is 570 g/mol. The van der Waals surface area contributed by atoms with Gasteiger partial charge in [-0.25, -0.2) is 9.50 Å². The van der Waals surface area contributed by atoms with Gasteiger partial charge in [0.1, 0.15) is 42.8 Å². The average molecular weight is 571 g/mol. The first-order valence-electron chi connectivity index (χ1n) is 13.3. The van der Waals surface area contributed by atoms with E-state index in [-0.39, 0.29) is 24.5 Å². The van der Waals surface area contributed by atoms with E-state index in [0.29, 0.717) is 11.9 Å². The highest BCUT2D eigenvalue weighted by atomic mass is 16.6. The summed E-state index contributed by atoms with van der Waals surface area (Å²) in [5, 5.41) is 38.8. The van der Waals surface area contributed by atoms with Crippen molar-refractivity contribution < 1.29 is 29.3 Å². The molecule has 12 nitrogen and oxygen atoms in total. The van der Waals surface area contributed by atoms with Crippen LogP contribution in [0.25, 0.3) is 5.52 Å². The van der Waals surface area contributed by atoms with Gasteiger partial charge in [-0.2, -0.15) is 10.4 Å². The van der Waals surface area contributed by atoms with Crippen LogP contribution in [0.1, 0.15) is 22.4 Å². The number of fused-ring (bicyclic) bond motifs is 1. The minimum absolute atomic E-state index is 0.0129. The van der Waals surface area contributed by atoms with E-state index in [1.54, 1.807) is 30.3 Å². The first-order chi connectivity index (χ1) is 20.2. The molecule has 0 bridgehead atoms. The molecule has 1 aliphatic rings. The van der Waals surface area contributed by atoms with Crippen LogP contribution in [0.15, 0.2) is 73.1 Å². The van der Waals surface area contributed by atoms with E-state index in [1.165, 1.54) is 16.9 Å². The molecule has 42 heavy (non-hydrogen) atoms. The molecule has 216 valence electrons. The molecule has 1 fully saturated rings. The van der Waals surface area contributed by atoms with E-state index in [4.69, 9.17) is 15.2 Å². The molecule has 1 aliphatic heterocycles. The highest BCUT2D eigenvalue weighted by molar-refractivity contribution is 5.97. The predicted molar refractivity (Wildman–Crippen MR) is 150 cm³/mol. The van der Waals surface area contributed by atoms with Crippen molar-refractivity contribution in [2.45, 2.75) is 49.7 Å². The Balaban J connectivity index is 1.31. The number of carbonyl (C=O) groups is 2. The van der Waals surface area contributed by atoms with Crippen molar-refractivity contribution in [3.05, 3.63) is 95.4 Å². The minimum atomic E-state index is -2.06. The molecular weight excluding hydrogens is 540 g/mol. The lowest BCUT2D eigenvalue weighted by Gasteiger charge is -2.24. The standard InChI is InChI=1S/C30H30N6O6/c1-18-7-9-20(10-8-18)13-21(32)29(40)35-28-22-11-12-24(36(22)34-17-33-28)30(16-31)27(39)26(38)23(42-30)15-41-25(37)14-19-5-3-2-4-6-19/h2-12,17,21,23,26-27,38-39H,13-15,32H2,1H3,(H,33,34,35,40)/t21-,23+,26+,27+,30-/m0/s1. The number of amides is 1. The second kappa shape index (κ2) is 12.1. The quantitative estimate of drug-likeness (QED) is 0.213. The average Bonchev–Trinajstić information content (AvgIpc) is 3.54. The summed E-state index contributed by atoms with van der Waals surface area (Å²) in [6, 6.07) is 20.8. The zero-order valence-corrected chi connectivity index (χ0v) is 22.8. The maximum Gasteiger partial charge on any atom is 0.310 e. The number of aliphatic hydroxyl groups excluding tert-OH is 2. The van der Waals surface area contributed by atoms with Gasteiger partial charge < -0.3 is 30.7 Å². The summed E-state index contributed by atoms with van der Waals surface area (Å²) in [7, 11) is 0. The van der Waals surface area contributed by atoms with E-state index < -0.39 is 41.8 Å². The number of nitrogens with one attached hydrogen (secondary N) is 1. The Labute approximate surface area is 241 Å². The third kappa shape index (κ3) is 5.72. The highest BCUT2D eigenvalue weighted by Crippen LogP contribution is 2.40. The molecule has 2 aromatic carbocycles. The molecule has 1 saturated heterocycles. The number of nitrogens with zero attached hydrogens (tertiary/aromatic N) is 4. The van der Waals surface area contributed by atoms with Crippen LogP contribution in [-0.2, 0) is 37.5 Å². The third-order valence-corrected chi connectivity index (χ3v) is 7.21. The number of benzene rings is 2. The second-order valence-electron chi connectivity index (χ2n) is 10.2. The van der Waals surface area contributed by atoms with Gasteiger partial charge in [0.2, 0.25) is 11.5 Å². The molecule has 5 atom stereocenters. The number of esters is 1. The summed E-state index contributed by atoms with van der Waals surface area (Å²) >= 11 is 0. The molecule has 0 radical (unpaired) electrons. The molecule has 5 N–H and O–H groups in total. The fourth-order valence-electron chi connectivity index (χ4n) is 4.90. The first kappa shape index (κ1) is 28.8. The SMILES string of the molecule is Cc1ccc(C[C@H](N)C(=O)Nc2ncnn3c([C@]4(C#N)O[C@H](COC(=O)Cc5ccccc5)[C@@H](O)[C@H]4O)ccc23)cc1. The van der Waals surface area contributed by atoms with Crippen LogP contribution in [0.3, 0.4) is 0 Å². The van der Waals surface area contributed by atoms with Crippen LogP contribution in [0.2, 0.25) is 0 Å². The normalized spacial score (nSPS) is 22.4. The zero-order chi connectivity index (χ0) is 29.9. The van der Waals surface area contributed by atoms with Crippen LogP contribution < -0.4 is 11.1 Å². The topological polar surface area (TPSA) is 185 Å². The number of rotatable bonds is 9. The number of nitrogens with two attached hydrogens (primary N) is 1. The van der Waals surface area contributed by atoms with E-state index in [1.807, 2.05) is 43.3 Å². The molecular formula is C30H30N6O6. The summed E-state index contributed by atoms with van der Waals surface area (Å²) in [5.41, 5.74) is 7.24. The van der Waals surface area contributed by atoms with Crippen molar-refractivity contribution in [3.8, 4) is 6.07 Å². The Morgan fingerprint density at radius 3 is 2.60 bits per heavy atom. The van der Waals surface area contributed by atoms with Crippen molar-refractivity contribution in [2.24, 2.45) is 5.73 Å². The lowest BCUT2D eigenvalue weighted by molar-refractivity contribution is -0.149. The Bertz CT molecular complexity index is 1620. The Hall–Kier alpha value is -4.67. The van der Waals surface area contributed by atoms with Crippen molar-refractivity contribution in [1.29, 1.82) is 5.26 Å². The van der Waals surface area contributed by atoms with Crippen LogP contribution in [-0.4, -0.2) is 67.6 Å². The predicted octanol–water partition coefficient (Wildman–Crippen LogP) is 1.17. The van der Waals surface area contributed by atoms with E-state index in [9.17, 15) is 25.1 Å². The molecule has 0 spiro atoms. The lowest BCUT2D eigenvalue weighted by Crippen LogP contribution is -2.41. The fraction of sp³-hybridized carbons (Fsp3) is 0.300. The number of aryl methyl sites for hydroxylation is 1. The van der Waals surface area contributed by atoms with Gasteiger partial charge in [0.15, 0.2) is 5.82 Å². The molecule has 4 aromatic rings. The van der Waals surface area contributed by atoms with Crippen LogP contribution in [0.5, 0.6) is 0 Å². The minimum Gasteiger partial charge on any atom is -0.463 e. The first-order valence-corrected chi connectivity index (χ1v) is 13.3. The number of nitriles is 1. The number of carbonyl (C=O) groups excluding carboxylic acids is 2. The second-order valence-corrected chi connectivity index (χ2v) is 10.2. The molecule has 0 saturated carbocycles. The number of anilines is 1. The number of aromatic nitrogens is 3. The van der Waals surface area contributed by atoms with E-state index >= 15 is 0 Å². The lowest BCUT2D eigenvalue weighted by atomic mass is 9.92. The molecule has 5 rings (SSSR count). The maximum absolute atomic E-state index is 12.9. The summed E-state index contributed by atoms with van der Waals surface area (Å²) in [4.78, 5) is 29.4. The Morgan fingerprint density at radius 2 is 1.88 bits per heavy atom. The smallest absolute Gasteiger partial charge is 0.310 e. The van der Waals surface area contributed by atoms with Gasteiger partial charge >= 0.3 is 5.97 Å².